The fourth-order valence-electron chi connectivity index (χ4n) is 3.53. The fourth-order valence-corrected chi connectivity index (χ4v) is 6.46. The van der Waals surface area contributed by atoms with E-state index in [4.69, 9.17) is 16.3 Å². The third kappa shape index (κ3) is 5.01. The summed E-state index contributed by atoms with van der Waals surface area (Å²) in [5.74, 6) is -0.417. The second kappa shape index (κ2) is 10.4. The minimum Gasteiger partial charge on any atom is -0.462 e. The van der Waals surface area contributed by atoms with Crippen LogP contribution in [0.25, 0.3) is 0 Å². The fraction of sp³-hybridized carbons (Fsp3) is 0.115. The molecule has 0 saturated carbocycles. The summed E-state index contributed by atoms with van der Waals surface area (Å²) in [5, 5.41) is 4.05. The lowest BCUT2D eigenvalue weighted by atomic mass is 10.2. The van der Waals surface area contributed by atoms with Gasteiger partial charge < -0.3 is 4.74 Å². The van der Waals surface area contributed by atoms with E-state index in [-0.39, 0.29) is 11.5 Å². The number of carbonyl (C=O) groups is 1. The Morgan fingerprint density at radius 2 is 1.62 bits per heavy atom. The molecule has 0 radical (unpaired) electrons. The van der Waals surface area contributed by atoms with Gasteiger partial charge >= 0.3 is 5.97 Å². The van der Waals surface area contributed by atoms with Gasteiger partial charge in [-0.15, -0.1) is 11.3 Å². The van der Waals surface area contributed by atoms with Gasteiger partial charge in [0.2, 0.25) is 0 Å². The molecule has 1 aromatic heterocycles. The Balaban J connectivity index is 1.66. The molecule has 8 heteroatoms. The highest BCUT2D eigenvalue weighted by Crippen LogP contribution is 2.38. The molecule has 0 aliphatic carbocycles. The predicted molar refractivity (Wildman–Crippen MR) is 137 cm³/mol. The third-order valence-electron chi connectivity index (χ3n) is 5.28. The number of hydrogen-bond donors (Lipinski definition) is 0. The van der Waals surface area contributed by atoms with Crippen molar-refractivity contribution in [2.24, 2.45) is 0 Å². The van der Waals surface area contributed by atoms with E-state index in [0.29, 0.717) is 33.9 Å². The zero-order chi connectivity index (χ0) is 24.1. The number of esters is 1. The molecule has 1 heterocycles. The Kier molecular flexibility index (Phi) is 7.36. The largest absolute Gasteiger partial charge is 0.462 e. The van der Waals surface area contributed by atoms with Crippen molar-refractivity contribution in [2.75, 3.05) is 10.9 Å². The predicted octanol–water partition coefficient (Wildman–Crippen LogP) is 6.64. The van der Waals surface area contributed by atoms with Crippen LogP contribution in [0.4, 0.5) is 11.4 Å². The van der Waals surface area contributed by atoms with Crippen molar-refractivity contribution in [1.29, 1.82) is 0 Å². The van der Waals surface area contributed by atoms with Crippen LogP contribution in [0.2, 0.25) is 5.02 Å². The van der Waals surface area contributed by atoms with Gasteiger partial charge in [0.25, 0.3) is 10.0 Å². The molecule has 0 N–H and O–H groups in total. The molecule has 0 spiro atoms. The highest BCUT2D eigenvalue weighted by molar-refractivity contribution is 7.93. The lowest BCUT2D eigenvalue weighted by Gasteiger charge is -2.26. The molecule has 0 atom stereocenters. The van der Waals surface area contributed by atoms with Crippen LogP contribution in [-0.4, -0.2) is 21.0 Å². The van der Waals surface area contributed by atoms with Crippen LogP contribution in [0.15, 0.2) is 94.5 Å². The van der Waals surface area contributed by atoms with E-state index >= 15 is 0 Å². The Hall–Kier alpha value is -3.13. The van der Waals surface area contributed by atoms with E-state index in [1.54, 1.807) is 79.0 Å². The molecule has 0 amide bonds. The zero-order valence-electron chi connectivity index (χ0n) is 18.3. The quantitative estimate of drug-likeness (QED) is 0.249. The molecule has 0 aliphatic rings. The van der Waals surface area contributed by atoms with Gasteiger partial charge in [0, 0.05) is 16.8 Å². The summed E-state index contributed by atoms with van der Waals surface area (Å²) in [5.41, 5.74) is 2.74. The minimum atomic E-state index is -3.99. The van der Waals surface area contributed by atoms with Crippen molar-refractivity contribution in [1.82, 2.24) is 0 Å². The molecule has 3 aromatic carbocycles. The molecule has 0 aliphatic heterocycles. The van der Waals surface area contributed by atoms with Gasteiger partial charge in [-0.2, -0.15) is 0 Å². The summed E-state index contributed by atoms with van der Waals surface area (Å²) >= 11 is 7.64. The Morgan fingerprint density at radius 1 is 0.941 bits per heavy atom. The van der Waals surface area contributed by atoms with Crippen molar-refractivity contribution in [3.05, 3.63) is 111 Å². The number of carbonyl (C=O) groups excluding carboxylic acids is 1. The summed E-state index contributed by atoms with van der Waals surface area (Å²) in [6.45, 7) is 1.81. The van der Waals surface area contributed by atoms with Crippen molar-refractivity contribution >= 4 is 50.3 Å². The molecule has 0 bridgehead atoms. The molecule has 174 valence electrons. The summed E-state index contributed by atoms with van der Waals surface area (Å²) in [6, 6.07) is 22.5. The zero-order valence-corrected chi connectivity index (χ0v) is 20.7. The summed E-state index contributed by atoms with van der Waals surface area (Å²) in [7, 11) is -3.99. The Labute approximate surface area is 208 Å². The number of para-hydroxylation sites is 1. The van der Waals surface area contributed by atoms with Gasteiger partial charge in [0.15, 0.2) is 0 Å². The number of rotatable bonds is 8. The van der Waals surface area contributed by atoms with Crippen LogP contribution in [0.3, 0.4) is 0 Å². The lowest BCUT2D eigenvalue weighted by molar-refractivity contribution is 0.0509. The van der Waals surface area contributed by atoms with E-state index < -0.39 is 16.0 Å². The van der Waals surface area contributed by atoms with Gasteiger partial charge in [-0.3, -0.25) is 0 Å². The van der Waals surface area contributed by atoms with E-state index in [0.717, 1.165) is 5.56 Å². The maximum absolute atomic E-state index is 13.9. The molecule has 4 aromatic rings. The minimum absolute atomic E-state index is 0.121. The molecule has 4 rings (SSSR count). The van der Waals surface area contributed by atoms with Crippen molar-refractivity contribution in [3.8, 4) is 0 Å². The average Bonchev–Trinajstić information content (AvgIpc) is 3.29. The maximum atomic E-state index is 13.9. The van der Waals surface area contributed by atoms with Gasteiger partial charge in [-0.25, -0.2) is 17.5 Å². The first-order valence-corrected chi connectivity index (χ1v) is 13.3. The topological polar surface area (TPSA) is 63.7 Å². The van der Waals surface area contributed by atoms with E-state index in [1.807, 2.05) is 17.5 Å². The van der Waals surface area contributed by atoms with Gasteiger partial charge in [0.1, 0.15) is 0 Å². The second-order valence-electron chi connectivity index (χ2n) is 7.50. The van der Waals surface area contributed by atoms with Crippen LogP contribution in [0.5, 0.6) is 0 Å². The third-order valence-corrected chi connectivity index (χ3v) is 8.35. The highest BCUT2D eigenvalue weighted by atomic mass is 35.5. The number of thiophene rings is 1. The van der Waals surface area contributed by atoms with E-state index in [1.165, 1.54) is 15.6 Å². The maximum Gasteiger partial charge on any atom is 0.338 e. The first-order chi connectivity index (χ1) is 16.4. The molecule has 5 nitrogen and oxygen atoms in total. The monoisotopic (exact) mass is 511 g/mol. The van der Waals surface area contributed by atoms with Crippen LogP contribution >= 0.6 is 22.9 Å². The van der Waals surface area contributed by atoms with Crippen LogP contribution in [0.1, 0.15) is 21.5 Å². The number of benzene rings is 3. The second-order valence-corrected chi connectivity index (χ2v) is 10.4. The average molecular weight is 512 g/mol. The number of halogens is 1. The molecular formula is C26H22ClNO4S2. The van der Waals surface area contributed by atoms with E-state index in [9.17, 15) is 13.2 Å². The molecule has 0 saturated heterocycles. The van der Waals surface area contributed by atoms with Gasteiger partial charge in [-0.1, -0.05) is 54.1 Å². The van der Waals surface area contributed by atoms with Crippen molar-refractivity contribution < 1.29 is 17.9 Å². The first-order valence-electron chi connectivity index (χ1n) is 10.5. The van der Waals surface area contributed by atoms with Crippen LogP contribution < -0.4 is 4.31 Å². The van der Waals surface area contributed by atoms with Gasteiger partial charge in [0.05, 0.1) is 28.4 Å². The van der Waals surface area contributed by atoms with Crippen LogP contribution in [-0.2, 0) is 21.2 Å². The number of sulfonamides is 1. The normalized spacial score (nSPS) is 11.2. The standard InChI is InChI=1S/C26H22ClNO4S2/c1-19-23(27)13-8-14-25(19)34(30,31)28(22-11-6-3-7-12-22)24-18-33-17-21(24)15-16-32-26(29)20-9-4-2-5-10-20/h2-14,17-18H,15-16H2,1H3. The van der Waals surface area contributed by atoms with Crippen molar-refractivity contribution in [3.63, 3.8) is 0 Å². The SMILES string of the molecule is Cc1c(Cl)cccc1S(=O)(=O)N(c1ccccc1)c1cscc1CCOC(=O)c1ccccc1. The number of ether oxygens (including phenoxy) is 1. The van der Waals surface area contributed by atoms with E-state index in [2.05, 4.69) is 0 Å². The molecular weight excluding hydrogens is 490 g/mol. The molecule has 0 fully saturated rings. The van der Waals surface area contributed by atoms with Gasteiger partial charge in [-0.05, 0) is 59.8 Å². The van der Waals surface area contributed by atoms with Crippen molar-refractivity contribution in [2.45, 2.75) is 18.2 Å². The number of hydrogen-bond acceptors (Lipinski definition) is 5. The smallest absolute Gasteiger partial charge is 0.338 e. The Bertz CT molecular complexity index is 1390. The number of nitrogens with zero attached hydrogens (tertiary/aromatic N) is 1. The highest BCUT2D eigenvalue weighted by Gasteiger charge is 2.30. The number of anilines is 2. The first kappa shape index (κ1) is 24.0. The summed E-state index contributed by atoms with van der Waals surface area (Å²) in [4.78, 5) is 12.4. The lowest BCUT2D eigenvalue weighted by Crippen LogP contribution is -2.27. The molecule has 0 unspecified atom stereocenters. The van der Waals surface area contributed by atoms with Crippen LogP contribution in [0, 0.1) is 6.92 Å². The summed E-state index contributed by atoms with van der Waals surface area (Å²) in [6.07, 6.45) is 0.366. The Morgan fingerprint density at radius 3 is 2.32 bits per heavy atom. The summed E-state index contributed by atoms with van der Waals surface area (Å²) < 4.78 is 34.6. The molecule has 34 heavy (non-hydrogen) atoms.